The highest BCUT2D eigenvalue weighted by Crippen LogP contribution is 2.53. The maximum Gasteiger partial charge on any atom is 0.0956 e. The van der Waals surface area contributed by atoms with Crippen molar-refractivity contribution in [1.29, 1.82) is 0 Å². The van der Waals surface area contributed by atoms with Gasteiger partial charge in [0.05, 0.1) is 12.2 Å². The summed E-state index contributed by atoms with van der Waals surface area (Å²) in [5.41, 5.74) is 5.46. The van der Waals surface area contributed by atoms with Crippen LogP contribution in [0.5, 0.6) is 0 Å². The normalized spacial score (nSPS) is 28.0. The van der Waals surface area contributed by atoms with Crippen molar-refractivity contribution in [1.82, 2.24) is 9.88 Å². The summed E-state index contributed by atoms with van der Waals surface area (Å²) in [6.45, 7) is 0.820. The molecule has 0 saturated heterocycles. The Morgan fingerprint density at radius 3 is 2.33 bits per heavy atom. The van der Waals surface area contributed by atoms with E-state index in [2.05, 4.69) is 78.6 Å². The summed E-state index contributed by atoms with van der Waals surface area (Å²) in [6, 6.07) is 19.7. The first-order valence-electron chi connectivity index (χ1n) is 10.1. The molecule has 0 amide bonds. The Kier molecular flexibility index (Phi) is 3.92. The minimum absolute atomic E-state index is 0.0968. The number of nitrogens with one attached hydrogen (secondary N) is 1. The van der Waals surface area contributed by atoms with Gasteiger partial charge in [-0.2, -0.15) is 0 Å². The predicted molar refractivity (Wildman–Crippen MR) is 110 cm³/mol. The number of hydrogen-bond acceptors (Lipinski definition) is 2. The van der Waals surface area contributed by atoms with Crippen molar-refractivity contribution >= 4 is 10.9 Å². The van der Waals surface area contributed by atoms with Crippen molar-refractivity contribution in [2.75, 3.05) is 20.7 Å². The highest BCUT2D eigenvalue weighted by atomic mass is 16.5. The fourth-order valence-electron chi connectivity index (χ4n) is 5.53. The zero-order valence-electron chi connectivity index (χ0n) is 16.3. The summed E-state index contributed by atoms with van der Waals surface area (Å²) in [4.78, 5) is 6.10. The van der Waals surface area contributed by atoms with Crippen molar-refractivity contribution in [3.8, 4) is 0 Å². The standard InChI is InChI=1S/C24H28N2O/c1-26(2)23(18-8-4-3-5-9-18)13-15-24(16-14-23)22-19-10-6-7-11-20(19)25-21(22)12-17-27-24/h3-11,25H,12-17H2,1-2H3. The molecule has 140 valence electrons. The second kappa shape index (κ2) is 6.22. The molecular formula is C24H28N2O. The van der Waals surface area contributed by atoms with E-state index in [9.17, 15) is 0 Å². The molecule has 1 fully saturated rings. The molecule has 1 aliphatic heterocycles. The van der Waals surface area contributed by atoms with Crippen LogP contribution in [-0.4, -0.2) is 30.6 Å². The minimum atomic E-state index is -0.137. The zero-order chi connectivity index (χ0) is 18.5. The minimum Gasteiger partial charge on any atom is -0.370 e. The van der Waals surface area contributed by atoms with E-state index in [-0.39, 0.29) is 11.1 Å². The summed E-state index contributed by atoms with van der Waals surface area (Å²) < 4.78 is 6.57. The lowest BCUT2D eigenvalue weighted by molar-refractivity contribution is -0.110. The second-order valence-corrected chi connectivity index (χ2v) is 8.41. The quantitative estimate of drug-likeness (QED) is 0.699. The number of benzene rings is 2. The van der Waals surface area contributed by atoms with Crippen LogP contribution in [0.25, 0.3) is 10.9 Å². The topological polar surface area (TPSA) is 28.3 Å². The van der Waals surface area contributed by atoms with E-state index >= 15 is 0 Å². The van der Waals surface area contributed by atoms with Gasteiger partial charge >= 0.3 is 0 Å². The first-order chi connectivity index (χ1) is 13.1. The van der Waals surface area contributed by atoms with Gasteiger partial charge in [-0.3, -0.25) is 4.90 Å². The summed E-state index contributed by atoms with van der Waals surface area (Å²) in [6.07, 6.45) is 5.35. The third-order valence-electron chi connectivity index (χ3n) is 7.02. The van der Waals surface area contributed by atoms with Gasteiger partial charge in [0, 0.05) is 34.1 Å². The third-order valence-corrected chi connectivity index (χ3v) is 7.02. The number of fused-ring (bicyclic) bond motifs is 4. The van der Waals surface area contributed by atoms with Crippen LogP contribution in [0, 0.1) is 0 Å². The Hall–Kier alpha value is -2.10. The molecule has 1 saturated carbocycles. The average Bonchev–Trinajstić information content (AvgIpc) is 3.09. The van der Waals surface area contributed by atoms with Gasteiger partial charge in [0.1, 0.15) is 0 Å². The Balaban J connectivity index is 1.56. The average molecular weight is 361 g/mol. The molecule has 0 radical (unpaired) electrons. The van der Waals surface area contributed by atoms with E-state index in [0.717, 1.165) is 38.7 Å². The molecule has 1 aromatic heterocycles. The molecule has 0 unspecified atom stereocenters. The van der Waals surface area contributed by atoms with E-state index in [0.29, 0.717) is 0 Å². The lowest BCUT2D eigenvalue weighted by Crippen LogP contribution is -2.49. The van der Waals surface area contributed by atoms with Crippen molar-refractivity contribution in [3.63, 3.8) is 0 Å². The zero-order valence-corrected chi connectivity index (χ0v) is 16.3. The van der Waals surface area contributed by atoms with Crippen molar-refractivity contribution < 1.29 is 4.74 Å². The Bertz CT molecular complexity index is 949. The van der Waals surface area contributed by atoms with E-state index in [1.54, 1.807) is 0 Å². The lowest BCUT2D eigenvalue weighted by Gasteiger charge is -2.51. The maximum absolute atomic E-state index is 6.57. The Morgan fingerprint density at radius 2 is 1.59 bits per heavy atom. The monoisotopic (exact) mass is 360 g/mol. The van der Waals surface area contributed by atoms with Crippen molar-refractivity contribution in [3.05, 3.63) is 71.4 Å². The number of para-hydroxylation sites is 1. The van der Waals surface area contributed by atoms with Gasteiger partial charge in [-0.25, -0.2) is 0 Å². The number of aromatic nitrogens is 1. The number of ether oxygens (including phenoxy) is 1. The number of H-pyrrole nitrogens is 1. The highest BCUT2D eigenvalue weighted by molar-refractivity contribution is 5.86. The summed E-state index contributed by atoms with van der Waals surface area (Å²) in [5.74, 6) is 0. The van der Waals surface area contributed by atoms with Crippen LogP contribution in [0.3, 0.4) is 0 Å². The van der Waals surface area contributed by atoms with Crippen molar-refractivity contribution in [2.24, 2.45) is 0 Å². The number of hydrogen-bond donors (Lipinski definition) is 1. The van der Waals surface area contributed by atoms with Crippen LogP contribution in [-0.2, 0) is 22.3 Å². The molecule has 1 N–H and O–H groups in total. The fraction of sp³-hybridized carbons (Fsp3) is 0.417. The molecule has 3 aromatic rings. The van der Waals surface area contributed by atoms with Crippen LogP contribution >= 0.6 is 0 Å². The van der Waals surface area contributed by atoms with Gasteiger partial charge in [-0.1, -0.05) is 48.5 Å². The molecule has 0 bridgehead atoms. The highest BCUT2D eigenvalue weighted by Gasteiger charge is 2.49. The van der Waals surface area contributed by atoms with Gasteiger partial charge in [0.15, 0.2) is 0 Å². The van der Waals surface area contributed by atoms with Crippen LogP contribution in [0.2, 0.25) is 0 Å². The van der Waals surface area contributed by atoms with Gasteiger partial charge in [-0.05, 0) is 51.4 Å². The second-order valence-electron chi connectivity index (χ2n) is 8.41. The number of rotatable bonds is 2. The van der Waals surface area contributed by atoms with Crippen LogP contribution in [0.15, 0.2) is 54.6 Å². The number of aromatic amines is 1. The molecule has 2 heterocycles. The Morgan fingerprint density at radius 1 is 0.889 bits per heavy atom. The smallest absolute Gasteiger partial charge is 0.0956 e. The molecular weight excluding hydrogens is 332 g/mol. The molecule has 0 atom stereocenters. The van der Waals surface area contributed by atoms with Gasteiger partial charge in [0.2, 0.25) is 0 Å². The van der Waals surface area contributed by atoms with Crippen molar-refractivity contribution in [2.45, 2.75) is 43.2 Å². The molecule has 3 heteroatoms. The summed E-state index contributed by atoms with van der Waals surface area (Å²) in [5, 5.41) is 1.35. The van der Waals surface area contributed by atoms with Crippen LogP contribution in [0.1, 0.15) is 42.5 Å². The van der Waals surface area contributed by atoms with E-state index < -0.39 is 0 Å². The summed E-state index contributed by atoms with van der Waals surface area (Å²) >= 11 is 0. The molecule has 2 aliphatic rings. The molecule has 1 spiro atoms. The maximum atomic E-state index is 6.57. The van der Waals surface area contributed by atoms with Gasteiger partial charge in [0.25, 0.3) is 0 Å². The first-order valence-corrected chi connectivity index (χ1v) is 10.1. The van der Waals surface area contributed by atoms with Crippen LogP contribution < -0.4 is 0 Å². The van der Waals surface area contributed by atoms with Crippen LogP contribution in [0.4, 0.5) is 0 Å². The van der Waals surface area contributed by atoms with E-state index in [4.69, 9.17) is 4.74 Å². The molecule has 3 nitrogen and oxygen atoms in total. The molecule has 2 aromatic carbocycles. The summed E-state index contributed by atoms with van der Waals surface area (Å²) in [7, 11) is 4.45. The van der Waals surface area contributed by atoms with Gasteiger partial charge < -0.3 is 9.72 Å². The largest absolute Gasteiger partial charge is 0.370 e. The van der Waals surface area contributed by atoms with Gasteiger partial charge in [-0.15, -0.1) is 0 Å². The molecule has 27 heavy (non-hydrogen) atoms. The molecule has 1 aliphatic carbocycles. The van der Waals surface area contributed by atoms with E-state index in [1.807, 2.05) is 0 Å². The fourth-order valence-corrected chi connectivity index (χ4v) is 5.53. The third kappa shape index (κ3) is 2.49. The molecule has 5 rings (SSSR count). The van der Waals surface area contributed by atoms with E-state index in [1.165, 1.54) is 27.7 Å². The SMILES string of the molecule is CN(C)C1(c2ccccc2)CCC2(CC1)OCCc1[nH]c3ccccc3c12. The number of nitrogens with zero attached hydrogens (tertiary/aromatic N) is 1. The lowest BCUT2D eigenvalue weighted by atomic mass is 9.67. The first kappa shape index (κ1) is 17.0. The predicted octanol–water partition coefficient (Wildman–Crippen LogP) is 4.97. The Labute approximate surface area is 161 Å².